The molecule has 1 aliphatic rings. The fourth-order valence-corrected chi connectivity index (χ4v) is 2.51. The Morgan fingerprint density at radius 3 is 2.92 bits per heavy atom. The van der Waals surface area contributed by atoms with Crippen LogP contribution in [0, 0.1) is 5.92 Å². The minimum absolute atomic E-state index is 0.696. The zero-order chi connectivity index (χ0) is 9.26. The summed E-state index contributed by atoms with van der Waals surface area (Å²) in [7, 11) is 0. The molecule has 1 saturated carbocycles. The van der Waals surface area contributed by atoms with Crippen LogP contribution in [-0.2, 0) is 0 Å². The van der Waals surface area contributed by atoms with Gasteiger partial charge in [0.2, 0.25) is 0 Å². The Kier molecular flexibility index (Phi) is 2.92. The fourth-order valence-electron chi connectivity index (χ4n) is 1.73. The lowest BCUT2D eigenvalue weighted by Crippen LogP contribution is -2.03. The van der Waals surface area contributed by atoms with Gasteiger partial charge in [-0.25, -0.2) is 4.84 Å². The van der Waals surface area contributed by atoms with Crippen LogP contribution in [-0.4, -0.2) is 6.54 Å². The summed E-state index contributed by atoms with van der Waals surface area (Å²) in [6.45, 7) is 0.910. The third kappa shape index (κ3) is 2.06. The van der Waals surface area contributed by atoms with Crippen LogP contribution in [0.25, 0.3) is 0 Å². The van der Waals surface area contributed by atoms with E-state index in [-0.39, 0.29) is 0 Å². The highest BCUT2D eigenvalue weighted by molar-refractivity contribution is 9.10. The van der Waals surface area contributed by atoms with Gasteiger partial charge >= 0.3 is 0 Å². The predicted octanol–water partition coefficient (Wildman–Crippen LogP) is 3.30. The molecule has 0 amide bonds. The summed E-state index contributed by atoms with van der Waals surface area (Å²) in [5.41, 5.74) is 1.42. The van der Waals surface area contributed by atoms with Crippen molar-refractivity contribution in [1.82, 2.24) is 4.84 Å². The molecule has 1 nitrogen and oxygen atoms in total. The molecule has 0 heterocycles. The zero-order valence-electron chi connectivity index (χ0n) is 7.13. The van der Waals surface area contributed by atoms with Crippen LogP contribution in [0.1, 0.15) is 17.9 Å². The van der Waals surface area contributed by atoms with Crippen LogP contribution >= 0.6 is 27.7 Å². The zero-order valence-corrected chi connectivity index (χ0v) is 9.48. The highest BCUT2D eigenvalue weighted by Gasteiger charge is 2.38. The molecule has 0 radical (unpaired) electrons. The van der Waals surface area contributed by atoms with Crippen molar-refractivity contribution in [1.29, 1.82) is 0 Å². The summed E-state index contributed by atoms with van der Waals surface area (Å²) in [5.74, 6) is 1.41. The number of hydrogen-bond acceptors (Lipinski definition) is 1. The van der Waals surface area contributed by atoms with Gasteiger partial charge in [0.15, 0.2) is 0 Å². The maximum absolute atomic E-state index is 5.47. The normalized spacial score (nSPS) is 26.0. The van der Waals surface area contributed by atoms with Crippen molar-refractivity contribution >= 4 is 27.7 Å². The summed E-state index contributed by atoms with van der Waals surface area (Å²) in [5, 5.41) is 0. The Labute approximate surface area is 91.7 Å². The van der Waals surface area contributed by atoms with Crippen molar-refractivity contribution in [3.8, 4) is 0 Å². The van der Waals surface area contributed by atoms with Gasteiger partial charge in [-0.2, -0.15) is 0 Å². The van der Waals surface area contributed by atoms with E-state index in [1.807, 2.05) is 6.07 Å². The van der Waals surface area contributed by atoms with E-state index in [4.69, 9.17) is 11.8 Å². The molecule has 70 valence electrons. The summed E-state index contributed by atoms with van der Waals surface area (Å²) in [6, 6.07) is 8.41. The first-order chi connectivity index (χ1) is 6.33. The van der Waals surface area contributed by atoms with E-state index in [0.29, 0.717) is 5.92 Å². The number of benzene rings is 1. The first-order valence-corrected chi connectivity index (χ1v) is 5.58. The fraction of sp³-hybridized carbons (Fsp3) is 0.400. The van der Waals surface area contributed by atoms with Gasteiger partial charge in [-0.15, -0.1) is 0 Å². The second kappa shape index (κ2) is 3.99. The molecule has 0 aliphatic heterocycles. The minimum Gasteiger partial charge on any atom is -0.233 e. The Hall–Kier alpha value is -0.0500. The molecule has 2 unspecified atom stereocenters. The van der Waals surface area contributed by atoms with E-state index < -0.39 is 0 Å². The molecule has 1 N–H and O–H groups in total. The summed E-state index contributed by atoms with van der Waals surface area (Å²) >= 11 is 9.03. The minimum atomic E-state index is 0.696. The van der Waals surface area contributed by atoms with Crippen LogP contribution < -0.4 is 4.84 Å². The second-order valence-corrected chi connectivity index (χ2v) is 4.58. The summed E-state index contributed by atoms with van der Waals surface area (Å²) in [4.78, 5) is 2.71. The smallest absolute Gasteiger partial charge is 0.0210 e. The van der Waals surface area contributed by atoms with Gasteiger partial charge in [0.25, 0.3) is 0 Å². The van der Waals surface area contributed by atoms with Crippen molar-refractivity contribution in [3.63, 3.8) is 0 Å². The number of rotatable bonds is 3. The molecule has 2 rings (SSSR count). The third-order valence-electron chi connectivity index (χ3n) is 2.57. The van der Waals surface area contributed by atoms with Crippen LogP contribution in [0.4, 0.5) is 0 Å². The molecule has 3 heteroatoms. The third-order valence-corrected chi connectivity index (χ3v) is 3.44. The molecule has 0 spiro atoms. The molecular weight excluding hydrogens is 249 g/mol. The molecule has 1 aromatic rings. The van der Waals surface area contributed by atoms with Gasteiger partial charge in [-0.05, 0) is 41.7 Å². The highest BCUT2D eigenvalue weighted by atomic mass is 79.9. The summed E-state index contributed by atoms with van der Waals surface area (Å²) < 4.78 is 1.22. The van der Waals surface area contributed by atoms with Gasteiger partial charge in [0, 0.05) is 11.0 Å². The van der Waals surface area contributed by atoms with Crippen molar-refractivity contribution in [2.24, 2.45) is 5.92 Å². The quantitative estimate of drug-likeness (QED) is 0.822. The molecule has 1 fully saturated rings. The molecule has 0 saturated heterocycles. The van der Waals surface area contributed by atoms with E-state index in [1.54, 1.807) is 0 Å². The lowest BCUT2D eigenvalue weighted by Gasteiger charge is -2.02. The Morgan fingerprint density at radius 1 is 1.46 bits per heavy atom. The molecule has 13 heavy (non-hydrogen) atoms. The summed E-state index contributed by atoms with van der Waals surface area (Å²) in [6.07, 6.45) is 1.25. The number of hydrogen-bond donors (Lipinski definition) is 1. The van der Waals surface area contributed by atoms with Crippen LogP contribution in [0.3, 0.4) is 0 Å². The molecule has 0 aromatic heterocycles. The van der Waals surface area contributed by atoms with Crippen molar-refractivity contribution in [2.75, 3.05) is 6.54 Å². The maximum atomic E-state index is 5.47. The average molecular weight is 261 g/mol. The first-order valence-electron chi connectivity index (χ1n) is 4.41. The topological polar surface area (TPSA) is 12.0 Å². The van der Waals surface area contributed by atoms with E-state index in [2.05, 4.69) is 39.0 Å². The molecule has 1 aromatic carbocycles. The van der Waals surface area contributed by atoms with E-state index in [1.165, 1.54) is 16.5 Å². The molecule has 1 aliphatic carbocycles. The lowest BCUT2D eigenvalue weighted by atomic mass is 10.1. The van der Waals surface area contributed by atoms with Crippen molar-refractivity contribution in [2.45, 2.75) is 12.3 Å². The Bertz CT molecular complexity index is 303. The van der Waals surface area contributed by atoms with Gasteiger partial charge in [0.1, 0.15) is 0 Å². The van der Waals surface area contributed by atoms with Gasteiger partial charge in [-0.1, -0.05) is 34.1 Å². The number of halogens is 2. The molecular formula is C10H11BrClN. The molecule has 0 bridgehead atoms. The van der Waals surface area contributed by atoms with Gasteiger partial charge < -0.3 is 0 Å². The van der Waals surface area contributed by atoms with E-state index >= 15 is 0 Å². The predicted molar refractivity (Wildman–Crippen MR) is 58.8 cm³/mol. The van der Waals surface area contributed by atoms with Gasteiger partial charge in [0.05, 0.1) is 0 Å². The standard InChI is InChI=1S/C10H11BrClN/c11-10-4-2-1-3-8(10)9-5-7(9)6-13-12/h1-4,7,9,13H,5-6H2. The van der Waals surface area contributed by atoms with Gasteiger partial charge in [-0.3, -0.25) is 0 Å². The first kappa shape index (κ1) is 9.50. The van der Waals surface area contributed by atoms with Crippen LogP contribution in [0.2, 0.25) is 0 Å². The SMILES string of the molecule is ClNCC1CC1c1ccccc1Br. The lowest BCUT2D eigenvalue weighted by molar-refractivity contribution is 0.765. The second-order valence-electron chi connectivity index (χ2n) is 3.46. The molecule has 2 atom stereocenters. The maximum Gasteiger partial charge on any atom is 0.0210 e. The Balaban J connectivity index is 2.07. The van der Waals surface area contributed by atoms with E-state index in [9.17, 15) is 0 Å². The monoisotopic (exact) mass is 259 g/mol. The largest absolute Gasteiger partial charge is 0.233 e. The Morgan fingerprint density at radius 2 is 2.23 bits per heavy atom. The van der Waals surface area contributed by atoms with Crippen molar-refractivity contribution in [3.05, 3.63) is 34.3 Å². The van der Waals surface area contributed by atoms with Crippen molar-refractivity contribution < 1.29 is 0 Å². The number of nitrogens with one attached hydrogen (secondary N) is 1. The van der Waals surface area contributed by atoms with Crippen LogP contribution in [0.15, 0.2) is 28.7 Å². The van der Waals surface area contributed by atoms with Crippen LogP contribution in [0.5, 0.6) is 0 Å². The average Bonchev–Trinajstić information content (AvgIpc) is 2.86. The highest BCUT2D eigenvalue weighted by Crippen LogP contribution is 2.49. The van der Waals surface area contributed by atoms with E-state index in [0.717, 1.165) is 12.5 Å².